The number of anilines is 2. The van der Waals surface area contributed by atoms with Gasteiger partial charge in [0.15, 0.2) is 11.5 Å². The van der Waals surface area contributed by atoms with E-state index in [0.29, 0.717) is 49.5 Å². The van der Waals surface area contributed by atoms with E-state index in [9.17, 15) is 14.3 Å². The van der Waals surface area contributed by atoms with E-state index in [1.54, 1.807) is 23.1 Å². The van der Waals surface area contributed by atoms with Gasteiger partial charge in [-0.1, -0.05) is 6.07 Å². The molecule has 0 bridgehead atoms. The SMILES string of the molecule is CN1CC2(C)OCCN2C(=O)c2ccc(-c3nc(N[C@@H]4CCOC[C@H]4O)ncc3F)cc21. The Balaban J connectivity index is 1.48. The molecule has 2 N–H and O–H groups in total. The number of hydrogen-bond donors (Lipinski definition) is 2. The van der Waals surface area contributed by atoms with E-state index in [-0.39, 0.29) is 30.2 Å². The number of ether oxygens (including phenoxy) is 2. The zero-order valence-corrected chi connectivity index (χ0v) is 18.0. The molecule has 0 saturated carbocycles. The summed E-state index contributed by atoms with van der Waals surface area (Å²) in [6.07, 6.45) is 1.02. The minimum Gasteiger partial charge on any atom is -0.389 e. The minimum absolute atomic E-state index is 0.102. The molecule has 2 saturated heterocycles. The highest BCUT2D eigenvalue weighted by molar-refractivity contribution is 6.01. The number of aliphatic hydroxyl groups excluding tert-OH is 1. The second-order valence-electron chi connectivity index (χ2n) is 8.64. The van der Waals surface area contributed by atoms with Crippen molar-refractivity contribution >= 4 is 17.5 Å². The third-order valence-corrected chi connectivity index (χ3v) is 6.37. The number of benzene rings is 1. The lowest BCUT2D eigenvalue weighted by Crippen LogP contribution is -2.50. The highest BCUT2D eigenvalue weighted by atomic mass is 19.1. The van der Waals surface area contributed by atoms with Gasteiger partial charge in [0, 0.05) is 25.8 Å². The first-order valence-corrected chi connectivity index (χ1v) is 10.7. The van der Waals surface area contributed by atoms with Crippen LogP contribution in [0.3, 0.4) is 0 Å². The predicted octanol–water partition coefficient (Wildman–Crippen LogP) is 1.48. The third-order valence-electron chi connectivity index (χ3n) is 6.37. The molecule has 1 aromatic carbocycles. The number of nitrogens with zero attached hydrogens (tertiary/aromatic N) is 4. The predicted molar refractivity (Wildman–Crippen MR) is 115 cm³/mol. The van der Waals surface area contributed by atoms with Gasteiger partial charge < -0.3 is 29.7 Å². The van der Waals surface area contributed by atoms with Crippen LogP contribution in [-0.2, 0) is 9.47 Å². The summed E-state index contributed by atoms with van der Waals surface area (Å²) in [5.41, 5.74) is 1.20. The van der Waals surface area contributed by atoms with Crippen LogP contribution in [0.1, 0.15) is 23.7 Å². The molecule has 3 atom stereocenters. The summed E-state index contributed by atoms with van der Waals surface area (Å²) >= 11 is 0. The highest BCUT2D eigenvalue weighted by Gasteiger charge is 2.45. The van der Waals surface area contributed by atoms with Gasteiger partial charge in [0.05, 0.1) is 49.4 Å². The first kappa shape index (κ1) is 21.0. The van der Waals surface area contributed by atoms with Crippen molar-refractivity contribution in [3.8, 4) is 11.3 Å². The molecule has 4 heterocycles. The summed E-state index contributed by atoms with van der Waals surface area (Å²) in [5, 5.41) is 13.2. The summed E-state index contributed by atoms with van der Waals surface area (Å²) in [6.45, 7) is 4.21. The Kier molecular flexibility index (Phi) is 5.23. The standard InChI is InChI=1S/C22H26FN5O4/c1-22-12-27(2)17-9-13(3-4-14(17)20(30)28(22)6-8-32-22)19-15(23)10-24-21(26-19)25-16-5-7-31-11-18(16)29/h3-4,9-10,16,18,29H,5-8,11-12H2,1-2H3,(H,24,25,26)/t16-,18-,22?/m1/s1. The monoisotopic (exact) mass is 443 g/mol. The van der Waals surface area contributed by atoms with Gasteiger partial charge in [0.1, 0.15) is 5.69 Å². The van der Waals surface area contributed by atoms with Crippen LogP contribution in [0.15, 0.2) is 24.4 Å². The minimum atomic E-state index is -0.702. The molecular formula is C22H26FN5O4. The van der Waals surface area contributed by atoms with Crippen LogP contribution in [-0.4, -0.2) is 83.7 Å². The van der Waals surface area contributed by atoms with Gasteiger partial charge in [0.25, 0.3) is 5.91 Å². The van der Waals surface area contributed by atoms with Crippen molar-refractivity contribution in [2.24, 2.45) is 0 Å². The smallest absolute Gasteiger partial charge is 0.258 e. The summed E-state index contributed by atoms with van der Waals surface area (Å²) in [5.74, 6) is -0.440. The van der Waals surface area contributed by atoms with Crippen molar-refractivity contribution in [3.05, 3.63) is 35.8 Å². The topological polar surface area (TPSA) is 100 Å². The van der Waals surface area contributed by atoms with Crippen LogP contribution in [0, 0.1) is 5.82 Å². The number of aliphatic hydroxyl groups is 1. The Morgan fingerprint density at radius 2 is 2.19 bits per heavy atom. The molecule has 2 fully saturated rings. The Hall–Kier alpha value is -2.82. The van der Waals surface area contributed by atoms with E-state index >= 15 is 0 Å². The molecule has 3 aliphatic heterocycles. The second-order valence-corrected chi connectivity index (χ2v) is 8.64. The van der Waals surface area contributed by atoms with Crippen LogP contribution in [0.25, 0.3) is 11.3 Å². The van der Waals surface area contributed by atoms with E-state index in [1.807, 2.05) is 18.9 Å². The number of aromatic nitrogens is 2. The molecule has 32 heavy (non-hydrogen) atoms. The first-order valence-electron chi connectivity index (χ1n) is 10.7. The summed E-state index contributed by atoms with van der Waals surface area (Å²) in [4.78, 5) is 25.3. The maximum atomic E-state index is 14.7. The van der Waals surface area contributed by atoms with Gasteiger partial charge in [-0.2, -0.15) is 0 Å². The number of carbonyl (C=O) groups is 1. The lowest BCUT2D eigenvalue weighted by atomic mass is 10.0. The molecule has 1 aromatic heterocycles. The van der Waals surface area contributed by atoms with E-state index in [0.717, 1.165) is 6.20 Å². The van der Waals surface area contributed by atoms with Crippen molar-refractivity contribution in [1.82, 2.24) is 14.9 Å². The van der Waals surface area contributed by atoms with Crippen LogP contribution < -0.4 is 10.2 Å². The number of hydrogen-bond acceptors (Lipinski definition) is 8. The van der Waals surface area contributed by atoms with Crippen molar-refractivity contribution in [1.29, 1.82) is 0 Å². The first-order chi connectivity index (χ1) is 15.4. The molecule has 0 radical (unpaired) electrons. The van der Waals surface area contributed by atoms with Gasteiger partial charge >= 0.3 is 0 Å². The van der Waals surface area contributed by atoms with Crippen LogP contribution in [0.4, 0.5) is 16.0 Å². The molecule has 5 rings (SSSR count). The number of nitrogens with one attached hydrogen (secondary N) is 1. The Morgan fingerprint density at radius 1 is 1.34 bits per heavy atom. The summed E-state index contributed by atoms with van der Waals surface area (Å²) < 4.78 is 25.8. The van der Waals surface area contributed by atoms with Crippen molar-refractivity contribution in [3.63, 3.8) is 0 Å². The van der Waals surface area contributed by atoms with E-state index in [1.165, 1.54) is 0 Å². The molecule has 9 nitrogen and oxygen atoms in total. The fraction of sp³-hybridized carbons (Fsp3) is 0.500. The molecular weight excluding hydrogens is 417 g/mol. The molecule has 1 amide bonds. The van der Waals surface area contributed by atoms with Crippen molar-refractivity contribution < 1.29 is 23.8 Å². The molecule has 1 unspecified atom stereocenters. The molecule has 10 heteroatoms. The van der Waals surface area contributed by atoms with Crippen molar-refractivity contribution in [2.45, 2.75) is 31.2 Å². The Bertz CT molecular complexity index is 1050. The quantitative estimate of drug-likeness (QED) is 0.736. The zero-order valence-electron chi connectivity index (χ0n) is 18.0. The summed E-state index contributed by atoms with van der Waals surface area (Å²) in [7, 11) is 1.89. The Labute approximate surface area is 185 Å². The fourth-order valence-corrected chi connectivity index (χ4v) is 4.66. The lowest BCUT2D eigenvalue weighted by Gasteiger charge is -2.33. The molecule has 170 valence electrons. The zero-order chi connectivity index (χ0) is 22.5. The van der Waals surface area contributed by atoms with E-state index in [2.05, 4.69) is 15.3 Å². The van der Waals surface area contributed by atoms with Crippen LogP contribution in [0.2, 0.25) is 0 Å². The number of fused-ring (bicyclic) bond motifs is 2. The molecule has 2 aromatic rings. The highest BCUT2D eigenvalue weighted by Crippen LogP contribution is 2.36. The average Bonchev–Trinajstić information content (AvgIpc) is 3.13. The van der Waals surface area contributed by atoms with Gasteiger partial charge in [-0.25, -0.2) is 14.4 Å². The Morgan fingerprint density at radius 3 is 3.00 bits per heavy atom. The largest absolute Gasteiger partial charge is 0.389 e. The number of carbonyl (C=O) groups excluding carboxylic acids is 1. The molecule has 0 aliphatic carbocycles. The number of amides is 1. The lowest BCUT2D eigenvalue weighted by molar-refractivity contribution is -0.0444. The summed E-state index contributed by atoms with van der Waals surface area (Å²) in [6, 6.07) is 4.91. The van der Waals surface area contributed by atoms with Crippen LogP contribution >= 0.6 is 0 Å². The normalized spacial score (nSPS) is 27.7. The molecule has 0 spiro atoms. The maximum Gasteiger partial charge on any atom is 0.258 e. The van der Waals surface area contributed by atoms with E-state index < -0.39 is 17.6 Å². The van der Waals surface area contributed by atoms with Gasteiger partial charge in [0.2, 0.25) is 5.95 Å². The number of rotatable bonds is 3. The van der Waals surface area contributed by atoms with E-state index in [4.69, 9.17) is 9.47 Å². The number of likely N-dealkylation sites (N-methyl/N-ethyl adjacent to an activating group) is 1. The maximum absolute atomic E-state index is 14.7. The second kappa shape index (κ2) is 7.95. The molecule has 3 aliphatic rings. The third kappa shape index (κ3) is 3.58. The van der Waals surface area contributed by atoms with Gasteiger partial charge in [-0.3, -0.25) is 4.79 Å². The van der Waals surface area contributed by atoms with Crippen molar-refractivity contribution in [2.75, 3.05) is 50.2 Å². The number of halogens is 1. The van der Waals surface area contributed by atoms with Crippen LogP contribution in [0.5, 0.6) is 0 Å². The van der Waals surface area contributed by atoms with Gasteiger partial charge in [-0.15, -0.1) is 0 Å². The van der Waals surface area contributed by atoms with Gasteiger partial charge in [-0.05, 0) is 25.5 Å². The fourth-order valence-electron chi connectivity index (χ4n) is 4.66. The average molecular weight is 443 g/mol.